The molecule has 0 atom stereocenters. The number of rotatable bonds is 4. The fraction of sp³-hybridized carbons (Fsp3) is 0.714. The van der Waals surface area contributed by atoms with Gasteiger partial charge in [-0.25, -0.2) is 4.79 Å². The van der Waals surface area contributed by atoms with Crippen LogP contribution in [0.4, 0.5) is 0 Å². The van der Waals surface area contributed by atoms with E-state index < -0.39 is 5.97 Å². The van der Waals surface area contributed by atoms with Gasteiger partial charge in [0.1, 0.15) is 0 Å². The summed E-state index contributed by atoms with van der Waals surface area (Å²) in [6.07, 6.45) is 1.98. The van der Waals surface area contributed by atoms with Crippen molar-refractivity contribution in [1.82, 2.24) is 0 Å². The van der Waals surface area contributed by atoms with Crippen molar-refractivity contribution < 1.29 is 28.4 Å². The summed E-state index contributed by atoms with van der Waals surface area (Å²) in [5.74, 6) is -0.625. The average Bonchev–Trinajstić information content (AvgIpc) is 2.63. The van der Waals surface area contributed by atoms with Crippen LogP contribution in [0.1, 0.15) is 34.1 Å². The normalized spacial score (nSPS) is 18.3. The summed E-state index contributed by atoms with van der Waals surface area (Å²) >= 11 is 0. The van der Waals surface area contributed by atoms with Crippen LogP contribution in [0.5, 0.6) is 0 Å². The summed E-state index contributed by atoms with van der Waals surface area (Å²) in [6.45, 7) is 11.1. The van der Waals surface area contributed by atoms with Gasteiger partial charge < -0.3 is 18.8 Å². The fourth-order valence-electron chi connectivity index (χ4n) is 1.50. The molecule has 1 aliphatic rings. The molecule has 0 unspecified atom stereocenters. The fourth-order valence-corrected chi connectivity index (χ4v) is 1.50. The van der Waals surface area contributed by atoms with Crippen molar-refractivity contribution in [2.75, 3.05) is 14.2 Å². The van der Waals surface area contributed by atoms with E-state index in [9.17, 15) is 9.59 Å². The summed E-state index contributed by atoms with van der Waals surface area (Å²) in [5.41, 5.74) is -0.651. The lowest BCUT2D eigenvalue weighted by atomic mass is 9.83. The first-order valence-electron chi connectivity index (χ1n) is 6.72. The second-order valence-electron chi connectivity index (χ2n) is 5.53. The molecule has 0 bridgehead atoms. The lowest BCUT2D eigenvalue weighted by Gasteiger charge is -2.32. The Morgan fingerprint density at radius 2 is 1.57 bits per heavy atom. The van der Waals surface area contributed by atoms with Crippen LogP contribution in [0.15, 0.2) is 12.7 Å². The highest BCUT2D eigenvalue weighted by Crippen LogP contribution is 2.37. The van der Waals surface area contributed by atoms with Crippen LogP contribution in [0.25, 0.3) is 0 Å². The Morgan fingerprint density at radius 3 is 1.86 bits per heavy atom. The number of carbonyl (C=O) groups is 2. The summed E-state index contributed by atoms with van der Waals surface area (Å²) in [7, 11) is 2.38. The van der Waals surface area contributed by atoms with Crippen molar-refractivity contribution in [2.45, 2.75) is 51.6 Å². The highest BCUT2D eigenvalue weighted by molar-refractivity contribution is 6.45. The lowest BCUT2D eigenvalue weighted by molar-refractivity contribution is -0.140. The zero-order valence-corrected chi connectivity index (χ0v) is 13.7. The van der Waals surface area contributed by atoms with E-state index in [0.29, 0.717) is 12.7 Å². The maximum Gasteiger partial charge on any atom is 0.458 e. The molecule has 0 aromatic rings. The number of methoxy groups -OCH3 is 2. The van der Waals surface area contributed by atoms with Gasteiger partial charge in [0.2, 0.25) is 0 Å². The molecule has 0 aromatic carbocycles. The molecular weight excluding hydrogens is 275 g/mol. The van der Waals surface area contributed by atoms with Crippen LogP contribution >= 0.6 is 0 Å². The topological polar surface area (TPSA) is 71.1 Å². The quantitative estimate of drug-likeness (QED) is 0.449. The molecule has 0 saturated carbocycles. The molecule has 0 aromatic heterocycles. The number of carbonyl (C=O) groups excluding carboxylic acids is 2. The molecular formula is C14H25BO6. The minimum atomic E-state index is -0.394. The lowest BCUT2D eigenvalue weighted by Crippen LogP contribution is -2.41. The third-order valence-electron chi connectivity index (χ3n) is 3.48. The van der Waals surface area contributed by atoms with Gasteiger partial charge >= 0.3 is 19.1 Å². The first-order valence-corrected chi connectivity index (χ1v) is 6.72. The second-order valence-corrected chi connectivity index (χ2v) is 5.53. The number of ether oxygens (including phenoxy) is 2. The molecule has 21 heavy (non-hydrogen) atoms. The minimum absolute atomic E-state index is 0.232. The zero-order chi connectivity index (χ0) is 16.7. The van der Waals surface area contributed by atoms with Crippen LogP contribution in [-0.4, -0.2) is 44.5 Å². The first kappa shape index (κ1) is 19.7. The molecule has 0 radical (unpaired) electrons. The predicted molar refractivity (Wildman–Crippen MR) is 79.7 cm³/mol. The summed E-state index contributed by atoms with van der Waals surface area (Å²) in [6, 6.07) is 0. The van der Waals surface area contributed by atoms with E-state index in [1.54, 1.807) is 0 Å². The minimum Gasteiger partial charge on any atom is -0.469 e. The molecule has 6 nitrogen and oxygen atoms in total. The largest absolute Gasteiger partial charge is 0.469 e. The van der Waals surface area contributed by atoms with Gasteiger partial charge in [-0.3, -0.25) is 4.79 Å². The van der Waals surface area contributed by atoms with Gasteiger partial charge in [-0.1, -0.05) is 6.58 Å². The monoisotopic (exact) mass is 300 g/mol. The van der Waals surface area contributed by atoms with Crippen molar-refractivity contribution in [1.29, 1.82) is 0 Å². The number of esters is 2. The maximum absolute atomic E-state index is 11.0. The zero-order valence-electron chi connectivity index (χ0n) is 13.7. The van der Waals surface area contributed by atoms with Crippen molar-refractivity contribution in [3.8, 4) is 0 Å². The van der Waals surface area contributed by atoms with Gasteiger partial charge in [-0.15, -0.1) is 0 Å². The Balaban J connectivity index is 0.000000567. The molecule has 1 saturated heterocycles. The van der Waals surface area contributed by atoms with E-state index >= 15 is 0 Å². The van der Waals surface area contributed by atoms with E-state index in [0.717, 1.165) is 6.08 Å². The van der Waals surface area contributed by atoms with E-state index in [4.69, 9.17) is 9.31 Å². The van der Waals surface area contributed by atoms with Crippen LogP contribution in [-0.2, 0) is 28.4 Å². The van der Waals surface area contributed by atoms with Gasteiger partial charge in [0, 0.05) is 12.5 Å². The van der Waals surface area contributed by atoms with Crippen LogP contribution in [0.2, 0.25) is 6.32 Å². The highest BCUT2D eigenvalue weighted by Gasteiger charge is 2.50. The van der Waals surface area contributed by atoms with E-state index in [1.807, 2.05) is 27.7 Å². The molecule has 1 aliphatic heterocycles. The van der Waals surface area contributed by atoms with E-state index in [1.165, 1.54) is 14.2 Å². The molecule has 0 N–H and O–H groups in total. The van der Waals surface area contributed by atoms with Gasteiger partial charge in [-0.05, 0) is 34.0 Å². The van der Waals surface area contributed by atoms with Crippen LogP contribution in [0.3, 0.4) is 0 Å². The SMILES string of the molecule is C=CC(=O)OC.COC(=O)CCB1OC(C)(C)C(C)(C)O1. The molecule has 7 heteroatoms. The standard InChI is InChI=1S/C10H19BO4.C4H6O2/c1-9(2)10(3,4)15-11(14-9)7-6-8(12)13-5;1-3-4(5)6-2/h6-7H2,1-5H3;3H,1H2,2H3. The molecule has 1 heterocycles. The number of hydrogen-bond acceptors (Lipinski definition) is 6. The molecule has 1 fully saturated rings. The maximum atomic E-state index is 11.0. The second kappa shape index (κ2) is 8.19. The Hall–Kier alpha value is -1.34. The summed E-state index contributed by atoms with van der Waals surface area (Å²) in [5, 5.41) is 0. The molecule has 0 spiro atoms. The van der Waals surface area contributed by atoms with Crippen LogP contribution < -0.4 is 0 Å². The van der Waals surface area contributed by atoms with Gasteiger partial charge in [0.25, 0.3) is 0 Å². The van der Waals surface area contributed by atoms with Crippen LogP contribution in [0, 0.1) is 0 Å². The molecule has 120 valence electrons. The Bertz CT molecular complexity index is 362. The smallest absolute Gasteiger partial charge is 0.458 e. The first-order chi connectivity index (χ1) is 9.59. The Kier molecular flexibility index (Phi) is 7.67. The van der Waals surface area contributed by atoms with Gasteiger partial charge in [0.05, 0.1) is 25.4 Å². The van der Waals surface area contributed by atoms with E-state index in [-0.39, 0.29) is 24.3 Å². The third-order valence-corrected chi connectivity index (χ3v) is 3.48. The summed E-state index contributed by atoms with van der Waals surface area (Å²) in [4.78, 5) is 20.8. The van der Waals surface area contributed by atoms with Crippen molar-refractivity contribution in [2.24, 2.45) is 0 Å². The molecule has 1 rings (SSSR count). The van der Waals surface area contributed by atoms with Gasteiger partial charge in [0.15, 0.2) is 0 Å². The average molecular weight is 300 g/mol. The summed E-state index contributed by atoms with van der Waals surface area (Å²) < 4.78 is 20.2. The van der Waals surface area contributed by atoms with Crippen molar-refractivity contribution >= 4 is 19.1 Å². The van der Waals surface area contributed by atoms with Gasteiger partial charge in [-0.2, -0.15) is 0 Å². The molecule has 0 aliphatic carbocycles. The molecule has 0 amide bonds. The Labute approximate surface area is 126 Å². The van der Waals surface area contributed by atoms with Crippen molar-refractivity contribution in [3.63, 3.8) is 0 Å². The van der Waals surface area contributed by atoms with E-state index in [2.05, 4.69) is 16.1 Å². The predicted octanol–water partition coefficient (Wildman–Crippen LogP) is 1.99. The highest BCUT2D eigenvalue weighted by atomic mass is 16.7. The number of hydrogen-bond donors (Lipinski definition) is 0. The van der Waals surface area contributed by atoms with Crippen molar-refractivity contribution in [3.05, 3.63) is 12.7 Å². The Morgan fingerprint density at radius 1 is 1.10 bits per heavy atom. The third kappa shape index (κ3) is 6.31.